The number of carbonyl (C=O) groups is 1. The first-order chi connectivity index (χ1) is 14.6. The molecule has 0 aliphatic carbocycles. The van der Waals surface area contributed by atoms with Gasteiger partial charge in [0.25, 0.3) is 0 Å². The lowest BCUT2D eigenvalue weighted by molar-refractivity contribution is -0.117. The number of carbonyl (C=O) groups excluding carboxylic acids is 1. The van der Waals surface area contributed by atoms with Crippen LogP contribution in [0.2, 0.25) is 5.15 Å². The number of anilines is 1. The molecule has 152 valence electrons. The van der Waals surface area contributed by atoms with Crippen molar-refractivity contribution in [2.75, 3.05) is 11.9 Å². The molecule has 2 aromatic heterocycles. The second-order valence-corrected chi connectivity index (χ2v) is 7.23. The SMILES string of the molecule is Cn1nc(-c2ccccc2)c(COCCC(=O)Nc2cnc3ccccc3c2)c1Cl. The standard InChI is InChI=1S/C23H21ClN4O2/c1-28-23(24)19(22(27-28)16-7-3-2-4-8-16)15-30-12-11-21(29)26-18-13-17-9-5-6-10-20(17)25-14-18/h2-10,13-14H,11-12,15H2,1H3,(H,26,29). The Kier molecular flexibility index (Phi) is 6.07. The second kappa shape index (κ2) is 9.07. The molecular weight excluding hydrogens is 400 g/mol. The van der Waals surface area contributed by atoms with Crippen molar-refractivity contribution in [3.63, 3.8) is 0 Å². The first kappa shape index (κ1) is 20.1. The Morgan fingerprint density at radius 2 is 1.90 bits per heavy atom. The second-order valence-electron chi connectivity index (χ2n) is 6.88. The highest BCUT2D eigenvalue weighted by atomic mass is 35.5. The number of benzene rings is 2. The summed E-state index contributed by atoms with van der Waals surface area (Å²) in [5, 5.41) is 8.86. The number of nitrogens with one attached hydrogen (secondary N) is 1. The maximum atomic E-state index is 12.3. The Labute approximate surface area is 179 Å². The first-order valence-corrected chi connectivity index (χ1v) is 9.99. The van der Waals surface area contributed by atoms with Crippen LogP contribution in [0.25, 0.3) is 22.2 Å². The quantitative estimate of drug-likeness (QED) is 0.434. The first-order valence-electron chi connectivity index (χ1n) is 9.61. The molecule has 0 fully saturated rings. The number of hydrogen-bond donors (Lipinski definition) is 1. The molecule has 0 bridgehead atoms. The van der Waals surface area contributed by atoms with Gasteiger partial charge in [-0.3, -0.25) is 14.5 Å². The zero-order valence-electron chi connectivity index (χ0n) is 16.5. The fourth-order valence-corrected chi connectivity index (χ4v) is 3.39. The zero-order chi connectivity index (χ0) is 20.9. The number of amides is 1. The molecule has 2 aromatic carbocycles. The lowest BCUT2D eigenvalue weighted by Gasteiger charge is -2.08. The van der Waals surface area contributed by atoms with Crippen molar-refractivity contribution < 1.29 is 9.53 Å². The summed E-state index contributed by atoms with van der Waals surface area (Å²) in [6, 6.07) is 19.5. The van der Waals surface area contributed by atoms with Crippen molar-refractivity contribution in [1.29, 1.82) is 0 Å². The molecule has 6 nitrogen and oxygen atoms in total. The lowest BCUT2D eigenvalue weighted by Crippen LogP contribution is -2.14. The van der Waals surface area contributed by atoms with Crippen molar-refractivity contribution in [1.82, 2.24) is 14.8 Å². The minimum Gasteiger partial charge on any atom is -0.376 e. The number of halogens is 1. The van der Waals surface area contributed by atoms with Gasteiger partial charge in [-0.05, 0) is 12.1 Å². The Bertz CT molecular complexity index is 1170. The number of ether oxygens (including phenoxy) is 1. The molecule has 2 heterocycles. The summed E-state index contributed by atoms with van der Waals surface area (Å²) in [5.41, 5.74) is 4.13. The van der Waals surface area contributed by atoms with Crippen molar-refractivity contribution >= 4 is 34.1 Å². The van der Waals surface area contributed by atoms with Crippen LogP contribution >= 0.6 is 11.6 Å². The normalized spacial score (nSPS) is 11.0. The molecule has 30 heavy (non-hydrogen) atoms. The number of rotatable bonds is 7. The van der Waals surface area contributed by atoms with E-state index in [9.17, 15) is 4.79 Å². The predicted octanol–water partition coefficient (Wildman–Crippen LogP) is 4.83. The van der Waals surface area contributed by atoms with E-state index in [1.54, 1.807) is 17.9 Å². The Hall–Kier alpha value is -3.22. The van der Waals surface area contributed by atoms with Gasteiger partial charge >= 0.3 is 0 Å². The fourth-order valence-electron chi connectivity index (χ4n) is 3.21. The number of para-hydroxylation sites is 1. The molecule has 0 unspecified atom stereocenters. The maximum Gasteiger partial charge on any atom is 0.226 e. The van der Waals surface area contributed by atoms with Gasteiger partial charge in [0.05, 0.1) is 42.7 Å². The molecule has 0 spiro atoms. The number of pyridine rings is 1. The lowest BCUT2D eigenvalue weighted by atomic mass is 10.1. The van der Waals surface area contributed by atoms with Gasteiger partial charge in [0, 0.05) is 23.6 Å². The van der Waals surface area contributed by atoms with Crippen molar-refractivity contribution in [2.24, 2.45) is 7.05 Å². The number of fused-ring (bicyclic) bond motifs is 1. The van der Waals surface area contributed by atoms with Crippen molar-refractivity contribution in [2.45, 2.75) is 13.0 Å². The van der Waals surface area contributed by atoms with Crippen molar-refractivity contribution in [3.05, 3.63) is 77.6 Å². The van der Waals surface area contributed by atoms with Crippen LogP contribution in [-0.2, 0) is 23.2 Å². The summed E-state index contributed by atoms with van der Waals surface area (Å²) >= 11 is 6.39. The molecule has 1 N–H and O–H groups in total. The summed E-state index contributed by atoms with van der Waals surface area (Å²) in [4.78, 5) is 16.6. The van der Waals surface area contributed by atoms with E-state index in [4.69, 9.17) is 16.3 Å². The molecule has 0 saturated heterocycles. The van der Waals surface area contributed by atoms with E-state index in [1.165, 1.54) is 0 Å². The summed E-state index contributed by atoms with van der Waals surface area (Å²) in [6.07, 6.45) is 1.88. The average molecular weight is 421 g/mol. The average Bonchev–Trinajstić information content (AvgIpc) is 3.05. The van der Waals surface area contributed by atoms with Crippen LogP contribution in [0.15, 0.2) is 66.9 Å². The molecule has 0 atom stereocenters. The molecule has 0 radical (unpaired) electrons. The molecule has 1 amide bonds. The summed E-state index contributed by atoms with van der Waals surface area (Å²) in [5.74, 6) is -0.132. The van der Waals surface area contributed by atoms with E-state index in [0.717, 1.165) is 27.7 Å². The Morgan fingerprint density at radius 1 is 1.13 bits per heavy atom. The maximum absolute atomic E-state index is 12.3. The third kappa shape index (κ3) is 4.50. The third-order valence-electron chi connectivity index (χ3n) is 4.71. The Morgan fingerprint density at radius 3 is 2.73 bits per heavy atom. The molecule has 0 aliphatic heterocycles. The van der Waals surface area contributed by atoms with Gasteiger partial charge in [-0.15, -0.1) is 0 Å². The van der Waals surface area contributed by atoms with E-state index in [2.05, 4.69) is 15.4 Å². The van der Waals surface area contributed by atoms with Gasteiger partial charge in [0.15, 0.2) is 0 Å². The highest BCUT2D eigenvalue weighted by Crippen LogP contribution is 2.28. The highest BCUT2D eigenvalue weighted by molar-refractivity contribution is 6.30. The van der Waals surface area contributed by atoms with Gasteiger partial charge in [-0.25, -0.2) is 0 Å². The summed E-state index contributed by atoms with van der Waals surface area (Å²) in [6.45, 7) is 0.550. The fraction of sp³-hybridized carbons (Fsp3) is 0.174. The molecular formula is C23H21ClN4O2. The summed E-state index contributed by atoms with van der Waals surface area (Å²) in [7, 11) is 1.79. The minimum absolute atomic E-state index is 0.132. The van der Waals surface area contributed by atoms with Crippen LogP contribution in [-0.4, -0.2) is 27.3 Å². The van der Waals surface area contributed by atoms with E-state index in [0.29, 0.717) is 10.8 Å². The van der Waals surface area contributed by atoms with Crippen LogP contribution < -0.4 is 5.32 Å². The van der Waals surface area contributed by atoms with E-state index in [1.807, 2.05) is 60.7 Å². The highest BCUT2D eigenvalue weighted by Gasteiger charge is 2.16. The number of nitrogens with zero attached hydrogens (tertiary/aromatic N) is 3. The smallest absolute Gasteiger partial charge is 0.226 e. The molecule has 4 rings (SSSR count). The van der Waals surface area contributed by atoms with Gasteiger partial charge in [-0.2, -0.15) is 5.10 Å². The minimum atomic E-state index is -0.132. The molecule has 0 aliphatic rings. The van der Waals surface area contributed by atoms with Gasteiger partial charge < -0.3 is 10.1 Å². The summed E-state index contributed by atoms with van der Waals surface area (Å²) < 4.78 is 7.37. The van der Waals surface area contributed by atoms with Gasteiger partial charge in [0.1, 0.15) is 5.15 Å². The number of aromatic nitrogens is 3. The van der Waals surface area contributed by atoms with Gasteiger partial charge in [0.2, 0.25) is 5.91 Å². The predicted molar refractivity (Wildman–Crippen MR) is 118 cm³/mol. The topological polar surface area (TPSA) is 69.0 Å². The van der Waals surface area contributed by atoms with Crippen LogP contribution in [0.1, 0.15) is 12.0 Å². The molecule has 4 aromatic rings. The number of hydrogen-bond acceptors (Lipinski definition) is 4. The van der Waals surface area contributed by atoms with Crippen LogP contribution in [0.4, 0.5) is 5.69 Å². The monoisotopic (exact) mass is 420 g/mol. The number of aryl methyl sites for hydroxylation is 1. The zero-order valence-corrected chi connectivity index (χ0v) is 17.3. The largest absolute Gasteiger partial charge is 0.376 e. The third-order valence-corrected chi connectivity index (χ3v) is 5.18. The van der Waals surface area contributed by atoms with E-state index in [-0.39, 0.29) is 25.5 Å². The molecule has 7 heteroatoms. The van der Waals surface area contributed by atoms with Gasteiger partial charge in [-0.1, -0.05) is 60.1 Å². The Balaban J connectivity index is 1.33. The van der Waals surface area contributed by atoms with Crippen molar-refractivity contribution in [3.8, 4) is 11.3 Å². The molecule has 0 saturated carbocycles. The van der Waals surface area contributed by atoms with Crippen LogP contribution in [0, 0.1) is 0 Å². The van der Waals surface area contributed by atoms with E-state index < -0.39 is 0 Å². The van der Waals surface area contributed by atoms with E-state index >= 15 is 0 Å². The van der Waals surface area contributed by atoms with Crippen LogP contribution in [0.3, 0.4) is 0 Å². The van der Waals surface area contributed by atoms with Crippen LogP contribution in [0.5, 0.6) is 0 Å².